The Morgan fingerprint density at radius 3 is 2.50 bits per heavy atom. The van der Waals surface area contributed by atoms with Crippen molar-refractivity contribution in [3.63, 3.8) is 0 Å². The Labute approximate surface area is 107 Å². The summed E-state index contributed by atoms with van der Waals surface area (Å²) in [5.74, 6) is 0.815. The van der Waals surface area contributed by atoms with Gasteiger partial charge in [-0.3, -0.25) is 0 Å². The number of methoxy groups -OCH3 is 1. The molecule has 2 aromatic carbocycles. The maximum Gasteiger partial charge on any atom is 0.125 e. The lowest BCUT2D eigenvalue weighted by atomic mass is 10.2. The quantitative estimate of drug-likeness (QED) is 0.821. The first kappa shape index (κ1) is 12.5. The highest BCUT2D eigenvalue weighted by atomic mass is 16.5. The van der Waals surface area contributed by atoms with Crippen LogP contribution in [-0.2, 0) is 18.0 Å². The highest BCUT2D eigenvalue weighted by Crippen LogP contribution is 2.23. The number of ether oxygens (including phenoxy) is 2. The zero-order valence-electron chi connectivity index (χ0n) is 10.4. The van der Waals surface area contributed by atoms with Gasteiger partial charge in [0.2, 0.25) is 0 Å². The van der Waals surface area contributed by atoms with Gasteiger partial charge >= 0.3 is 0 Å². The van der Waals surface area contributed by atoms with E-state index >= 15 is 0 Å². The van der Waals surface area contributed by atoms with Crippen LogP contribution in [0.4, 0.5) is 5.69 Å². The van der Waals surface area contributed by atoms with Crippen molar-refractivity contribution >= 4 is 5.69 Å². The van der Waals surface area contributed by atoms with Crippen molar-refractivity contribution < 1.29 is 9.47 Å². The molecule has 0 heterocycles. The van der Waals surface area contributed by atoms with Gasteiger partial charge in [0.1, 0.15) is 12.4 Å². The van der Waals surface area contributed by atoms with E-state index in [-0.39, 0.29) is 0 Å². The molecule has 18 heavy (non-hydrogen) atoms. The number of benzene rings is 2. The summed E-state index contributed by atoms with van der Waals surface area (Å²) in [6.45, 7) is 1.04. The standard InChI is InChI=1S/C15H17NO2/c1-17-11-13-9-14(16)7-8-15(13)18-10-12-5-3-2-4-6-12/h2-9H,10-11,16H2,1H3. The van der Waals surface area contributed by atoms with Crippen molar-refractivity contribution in [2.75, 3.05) is 12.8 Å². The van der Waals surface area contributed by atoms with Gasteiger partial charge in [0, 0.05) is 18.4 Å². The number of anilines is 1. The van der Waals surface area contributed by atoms with E-state index in [0.717, 1.165) is 16.9 Å². The largest absolute Gasteiger partial charge is 0.489 e. The first-order valence-electron chi connectivity index (χ1n) is 5.83. The molecule has 2 N–H and O–H groups in total. The summed E-state index contributed by atoms with van der Waals surface area (Å²) >= 11 is 0. The predicted molar refractivity (Wildman–Crippen MR) is 72.3 cm³/mol. The third-order valence-corrected chi connectivity index (χ3v) is 2.62. The monoisotopic (exact) mass is 243 g/mol. The molecule has 0 atom stereocenters. The number of hydrogen-bond donors (Lipinski definition) is 1. The molecule has 0 bridgehead atoms. The molecule has 2 aromatic rings. The Hall–Kier alpha value is -2.00. The molecule has 94 valence electrons. The van der Waals surface area contributed by atoms with Crippen LogP contribution in [0.3, 0.4) is 0 Å². The van der Waals surface area contributed by atoms with Crippen molar-refractivity contribution in [2.45, 2.75) is 13.2 Å². The smallest absolute Gasteiger partial charge is 0.125 e. The fourth-order valence-electron chi connectivity index (χ4n) is 1.74. The molecule has 0 aliphatic carbocycles. The van der Waals surface area contributed by atoms with E-state index in [2.05, 4.69) is 0 Å². The number of nitrogen functional groups attached to an aromatic ring is 1. The van der Waals surface area contributed by atoms with Gasteiger partial charge in [-0.1, -0.05) is 30.3 Å². The Morgan fingerprint density at radius 1 is 1.00 bits per heavy atom. The van der Waals surface area contributed by atoms with E-state index in [9.17, 15) is 0 Å². The minimum atomic E-state index is 0.495. The van der Waals surface area contributed by atoms with Crippen LogP contribution >= 0.6 is 0 Å². The lowest BCUT2D eigenvalue weighted by Gasteiger charge is -2.11. The summed E-state index contributed by atoms with van der Waals surface area (Å²) in [5, 5.41) is 0. The summed E-state index contributed by atoms with van der Waals surface area (Å²) in [6, 6.07) is 15.6. The third kappa shape index (κ3) is 3.25. The maximum absolute atomic E-state index is 5.80. The number of nitrogens with two attached hydrogens (primary N) is 1. The first-order chi connectivity index (χ1) is 8.79. The fourth-order valence-corrected chi connectivity index (χ4v) is 1.74. The zero-order chi connectivity index (χ0) is 12.8. The van der Waals surface area contributed by atoms with Crippen LogP contribution in [-0.4, -0.2) is 7.11 Å². The zero-order valence-corrected chi connectivity index (χ0v) is 10.4. The Bertz CT molecular complexity index is 497. The fraction of sp³-hybridized carbons (Fsp3) is 0.200. The molecule has 0 fully saturated rings. The van der Waals surface area contributed by atoms with Crippen molar-refractivity contribution in [3.8, 4) is 5.75 Å². The molecule has 0 spiro atoms. The molecule has 3 heteroatoms. The molecule has 0 unspecified atom stereocenters. The molecule has 3 nitrogen and oxygen atoms in total. The van der Waals surface area contributed by atoms with E-state index in [1.54, 1.807) is 7.11 Å². The minimum absolute atomic E-state index is 0.495. The van der Waals surface area contributed by atoms with E-state index in [1.807, 2.05) is 48.5 Å². The second-order valence-electron chi connectivity index (χ2n) is 4.07. The molecule has 2 rings (SSSR count). The summed E-state index contributed by atoms with van der Waals surface area (Å²) < 4.78 is 10.9. The van der Waals surface area contributed by atoms with Crippen LogP contribution in [0, 0.1) is 0 Å². The van der Waals surface area contributed by atoms with Crippen LogP contribution in [0.1, 0.15) is 11.1 Å². The second kappa shape index (κ2) is 6.07. The summed E-state index contributed by atoms with van der Waals surface area (Å²) in [5.41, 5.74) is 8.57. The summed E-state index contributed by atoms with van der Waals surface area (Å²) in [6.07, 6.45) is 0. The minimum Gasteiger partial charge on any atom is -0.489 e. The number of rotatable bonds is 5. The van der Waals surface area contributed by atoms with E-state index < -0.39 is 0 Å². The lowest BCUT2D eigenvalue weighted by Crippen LogP contribution is -2.00. The molecule has 0 radical (unpaired) electrons. The maximum atomic E-state index is 5.80. The number of hydrogen-bond acceptors (Lipinski definition) is 3. The Balaban J connectivity index is 2.09. The highest BCUT2D eigenvalue weighted by molar-refractivity contribution is 5.47. The molecular formula is C15H17NO2. The van der Waals surface area contributed by atoms with E-state index in [1.165, 1.54) is 0 Å². The van der Waals surface area contributed by atoms with Crippen LogP contribution in [0.5, 0.6) is 5.75 Å². The van der Waals surface area contributed by atoms with Crippen LogP contribution in [0.15, 0.2) is 48.5 Å². The van der Waals surface area contributed by atoms with Crippen molar-refractivity contribution in [1.82, 2.24) is 0 Å². The highest BCUT2D eigenvalue weighted by Gasteiger charge is 2.04. The molecular weight excluding hydrogens is 226 g/mol. The van der Waals surface area contributed by atoms with Crippen LogP contribution in [0.25, 0.3) is 0 Å². The van der Waals surface area contributed by atoms with Gasteiger partial charge in [0.25, 0.3) is 0 Å². The summed E-state index contributed by atoms with van der Waals surface area (Å²) in [7, 11) is 1.66. The molecule has 0 amide bonds. The SMILES string of the molecule is COCc1cc(N)ccc1OCc1ccccc1. The van der Waals surface area contributed by atoms with Crippen molar-refractivity contribution in [1.29, 1.82) is 0 Å². The van der Waals surface area contributed by atoms with Gasteiger partial charge in [0.05, 0.1) is 6.61 Å². The molecule has 0 aliphatic rings. The molecule has 0 aromatic heterocycles. The predicted octanol–water partition coefficient (Wildman–Crippen LogP) is 2.99. The average Bonchev–Trinajstić information content (AvgIpc) is 2.39. The van der Waals surface area contributed by atoms with E-state index in [0.29, 0.717) is 18.9 Å². The molecule has 0 saturated carbocycles. The van der Waals surface area contributed by atoms with E-state index in [4.69, 9.17) is 15.2 Å². The Morgan fingerprint density at radius 2 is 1.78 bits per heavy atom. The second-order valence-corrected chi connectivity index (χ2v) is 4.07. The van der Waals surface area contributed by atoms with Gasteiger partial charge in [-0.25, -0.2) is 0 Å². The Kier molecular flexibility index (Phi) is 4.20. The van der Waals surface area contributed by atoms with Gasteiger partial charge in [-0.15, -0.1) is 0 Å². The lowest BCUT2D eigenvalue weighted by molar-refractivity contribution is 0.179. The van der Waals surface area contributed by atoms with Crippen LogP contribution in [0.2, 0.25) is 0 Å². The van der Waals surface area contributed by atoms with Crippen molar-refractivity contribution in [3.05, 3.63) is 59.7 Å². The third-order valence-electron chi connectivity index (χ3n) is 2.62. The normalized spacial score (nSPS) is 10.3. The van der Waals surface area contributed by atoms with Gasteiger partial charge in [-0.05, 0) is 23.8 Å². The van der Waals surface area contributed by atoms with Gasteiger partial charge < -0.3 is 15.2 Å². The molecule has 0 aliphatic heterocycles. The van der Waals surface area contributed by atoms with Gasteiger partial charge in [0.15, 0.2) is 0 Å². The van der Waals surface area contributed by atoms with Crippen molar-refractivity contribution in [2.24, 2.45) is 0 Å². The average molecular weight is 243 g/mol. The molecule has 0 saturated heterocycles. The first-order valence-corrected chi connectivity index (χ1v) is 5.83. The topological polar surface area (TPSA) is 44.5 Å². The summed E-state index contributed by atoms with van der Waals surface area (Å²) in [4.78, 5) is 0. The van der Waals surface area contributed by atoms with Crippen LogP contribution < -0.4 is 10.5 Å². The van der Waals surface area contributed by atoms with Gasteiger partial charge in [-0.2, -0.15) is 0 Å².